The highest BCUT2D eigenvalue weighted by atomic mass is 19.4. The van der Waals surface area contributed by atoms with Crippen LogP contribution in [0.5, 0.6) is 0 Å². The average molecular weight is 324 g/mol. The third kappa shape index (κ3) is 6.66. The first kappa shape index (κ1) is 18.8. The molecular formula is C15H23F3O4. The maximum absolute atomic E-state index is 12.2. The molecular weight excluding hydrogens is 301 g/mol. The maximum atomic E-state index is 12.2. The Morgan fingerprint density at radius 3 is 2.05 bits per heavy atom. The van der Waals surface area contributed by atoms with Crippen molar-refractivity contribution in [1.82, 2.24) is 0 Å². The van der Waals surface area contributed by atoms with E-state index in [0.29, 0.717) is 5.92 Å². The summed E-state index contributed by atoms with van der Waals surface area (Å²) in [7, 11) is 0. The average Bonchev–Trinajstić information content (AvgIpc) is 2.91. The van der Waals surface area contributed by atoms with Gasteiger partial charge in [0.15, 0.2) is 6.10 Å². The fourth-order valence-electron chi connectivity index (χ4n) is 2.49. The first-order valence-electron chi connectivity index (χ1n) is 7.66. The highest BCUT2D eigenvalue weighted by molar-refractivity contribution is 5.72. The van der Waals surface area contributed by atoms with Crippen LogP contribution in [-0.2, 0) is 19.1 Å². The summed E-state index contributed by atoms with van der Waals surface area (Å²) < 4.78 is 46.1. The molecule has 22 heavy (non-hydrogen) atoms. The fourth-order valence-corrected chi connectivity index (χ4v) is 2.49. The van der Waals surface area contributed by atoms with E-state index in [-0.39, 0.29) is 25.4 Å². The summed E-state index contributed by atoms with van der Waals surface area (Å²) in [6, 6.07) is 0. The zero-order valence-electron chi connectivity index (χ0n) is 12.9. The molecule has 0 amide bonds. The van der Waals surface area contributed by atoms with Gasteiger partial charge in [-0.05, 0) is 39.0 Å². The van der Waals surface area contributed by atoms with Crippen LogP contribution in [0.4, 0.5) is 13.2 Å². The van der Waals surface area contributed by atoms with Gasteiger partial charge in [-0.2, -0.15) is 13.2 Å². The molecule has 1 aliphatic carbocycles. The molecule has 0 aromatic heterocycles. The molecule has 4 nitrogen and oxygen atoms in total. The Morgan fingerprint density at radius 2 is 1.55 bits per heavy atom. The second-order valence-corrected chi connectivity index (χ2v) is 5.77. The lowest BCUT2D eigenvalue weighted by atomic mass is 10.0. The zero-order valence-corrected chi connectivity index (χ0v) is 12.9. The van der Waals surface area contributed by atoms with Crippen molar-refractivity contribution < 1.29 is 32.2 Å². The van der Waals surface area contributed by atoms with Crippen LogP contribution in [0.15, 0.2) is 0 Å². The number of carbonyl (C=O) groups is 2. The molecule has 2 atom stereocenters. The van der Waals surface area contributed by atoms with Crippen molar-refractivity contribution in [1.29, 1.82) is 0 Å². The molecule has 2 unspecified atom stereocenters. The van der Waals surface area contributed by atoms with E-state index in [0.717, 1.165) is 32.6 Å². The Balaban J connectivity index is 2.17. The molecule has 0 aromatic rings. The van der Waals surface area contributed by atoms with Crippen LogP contribution in [0.25, 0.3) is 0 Å². The molecule has 0 spiro atoms. The van der Waals surface area contributed by atoms with Crippen LogP contribution in [0, 0.1) is 5.92 Å². The van der Waals surface area contributed by atoms with Crippen LogP contribution in [0.3, 0.4) is 0 Å². The van der Waals surface area contributed by atoms with Gasteiger partial charge in [0, 0.05) is 12.8 Å². The first-order chi connectivity index (χ1) is 10.2. The summed E-state index contributed by atoms with van der Waals surface area (Å²) >= 11 is 0. The number of alkyl halides is 3. The number of ether oxygens (including phenoxy) is 2. The van der Waals surface area contributed by atoms with E-state index in [1.54, 1.807) is 0 Å². The smallest absolute Gasteiger partial charge is 0.425 e. The Morgan fingerprint density at radius 1 is 1.05 bits per heavy atom. The molecule has 1 rings (SSSR count). The first-order valence-corrected chi connectivity index (χ1v) is 7.66. The number of hydrogen-bond donors (Lipinski definition) is 0. The summed E-state index contributed by atoms with van der Waals surface area (Å²) in [5.41, 5.74) is 0. The number of hydrogen-bond acceptors (Lipinski definition) is 4. The van der Waals surface area contributed by atoms with Gasteiger partial charge < -0.3 is 9.47 Å². The highest BCUT2D eigenvalue weighted by Gasteiger charge is 2.39. The standard InChI is InChI=1S/C15H23F3O4/c1-10(12-6-3-4-7-12)21-13(19)8-5-9-14(20)22-11(2)15(16,17)18/h10-12H,3-9H2,1-2H3. The molecule has 1 fully saturated rings. The molecule has 0 aliphatic heterocycles. The van der Waals surface area contributed by atoms with Gasteiger partial charge in [0.2, 0.25) is 0 Å². The lowest BCUT2D eigenvalue weighted by Gasteiger charge is -2.19. The van der Waals surface area contributed by atoms with Crippen LogP contribution in [-0.4, -0.2) is 30.3 Å². The van der Waals surface area contributed by atoms with Crippen molar-refractivity contribution in [3.8, 4) is 0 Å². The number of halogens is 3. The van der Waals surface area contributed by atoms with Crippen LogP contribution >= 0.6 is 0 Å². The van der Waals surface area contributed by atoms with Crippen molar-refractivity contribution in [3.05, 3.63) is 0 Å². The van der Waals surface area contributed by atoms with Crippen molar-refractivity contribution in [2.24, 2.45) is 5.92 Å². The largest absolute Gasteiger partial charge is 0.462 e. The zero-order chi connectivity index (χ0) is 16.8. The Hall–Kier alpha value is -1.27. The quantitative estimate of drug-likeness (QED) is 0.669. The maximum Gasteiger partial charge on any atom is 0.425 e. The lowest BCUT2D eigenvalue weighted by Crippen LogP contribution is -2.30. The SMILES string of the molecule is CC(OC(=O)CCCC(=O)OC(C)C(F)(F)F)C1CCCC1. The fraction of sp³-hybridized carbons (Fsp3) is 0.867. The van der Waals surface area contributed by atoms with Crippen molar-refractivity contribution in [3.63, 3.8) is 0 Å². The van der Waals surface area contributed by atoms with E-state index in [4.69, 9.17) is 4.74 Å². The van der Waals surface area contributed by atoms with E-state index in [9.17, 15) is 22.8 Å². The third-order valence-corrected chi connectivity index (χ3v) is 3.91. The minimum absolute atomic E-state index is 0.00651. The van der Waals surface area contributed by atoms with E-state index in [2.05, 4.69) is 4.74 Å². The summed E-state index contributed by atoms with van der Waals surface area (Å²) in [5, 5.41) is 0. The molecule has 1 saturated carbocycles. The second kappa shape index (κ2) is 8.39. The van der Waals surface area contributed by atoms with Gasteiger partial charge in [0.05, 0.1) is 0 Å². The number of rotatable bonds is 7. The lowest BCUT2D eigenvalue weighted by molar-refractivity contribution is -0.216. The summed E-state index contributed by atoms with van der Waals surface area (Å²) in [6.45, 7) is 2.63. The Labute approximate surface area is 128 Å². The van der Waals surface area contributed by atoms with Crippen LogP contribution < -0.4 is 0 Å². The molecule has 7 heteroatoms. The van der Waals surface area contributed by atoms with Gasteiger partial charge in [-0.15, -0.1) is 0 Å². The Kier molecular flexibility index (Phi) is 7.16. The molecule has 0 radical (unpaired) electrons. The van der Waals surface area contributed by atoms with Gasteiger partial charge in [0.1, 0.15) is 6.10 Å². The minimum atomic E-state index is -4.56. The van der Waals surface area contributed by atoms with Gasteiger partial charge in [0.25, 0.3) is 0 Å². The summed E-state index contributed by atoms with van der Waals surface area (Å²) in [5.74, 6) is -0.987. The summed E-state index contributed by atoms with van der Waals surface area (Å²) in [6.07, 6.45) is -2.54. The molecule has 0 bridgehead atoms. The molecule has 0 aromatic carbocycles. The van der Waals surface area contributed by atoms with E-state index < -0.39 is 24.2 Å². The van der Waals surface area contributed by atoms with E-state index in [1.165, 1.54) is 0 Å². The Bertz CT molecular complexity index is 375. The minimum Gasteiger partial charge on any atom is -0.462 e. The van der Waals surface area contributed by atoms with Crippen molar-refractivity contribution in [2.75, 3.05) is 0 Å². The van der Waals surface area contributed by atoms with Crippen molar-refractivity contribution >= 4 is 11.9 Å². The molecule has 1 aliphatic rings. The summed E-state index contributed by atoms with van der Waals surface area (Å²) in [4.78, 5) is 22.9. The van der Waals surface area contributed by atoms with Gasteiger partial charge in [-0.1, -0.05) is 12.8 Å². The topological polar surface area (TPSA) is 52.6 Å². The van der Waals surface area contributed by atoms with Gasteiger partial charge in [-0.25, -0.2) is 0 Å². The number of carbonyl (C=O) groups excluding carboxylic acids is 2. The number of esters is 2. The predicted molar refractivity (Wildman–Crippen MR) is 73.0 cm³/mol. The van der Waals surface area contributed by atoms with Crippen LogP contribution in [0.2, 0.25) is 0 Å². The molecule has 0 heterocycles. The molecule has 128 valence electrons. The van der Waals surface area contributed by atoms with Gasteiger partial charge in [-0.3, -0.25) is 9.59 Å². The predicted octanol–water partition coefficient (Wildman–Crippen LogP) is 3.77. The molecule has 0 N–H and O–H groups in total. The molecule has 0 saturated heterocycles. The van der Waals surface area contributed by atoms with Crippen molar-refractivity contribution in [2.45, 2.75) is 77.2 Å². The van der Waals surface area contributed by atoms with Gasteiger partial charge >= 0.3 is 18.1 Å². The van der Waals surface area contributed by atoms with E-state index >= 15 is 0 Å². The van der Waals surface area contributed by atoms with Crippen LogP contribution in [0.1, 0.15) is 58.8 Å². The third-order valence-electron chi connectivity index (χ3n) is 3.91. The monoisotopic (exact) mass is 324 g/mol. The highest BCUT2D eigenvalue weighted by Crippen LogP contribution is 2.29. The second-order valence-electron chi connectivity index (χ2n) is 5.77. The normalized spacial score (nSPS) is 18.8. The van der Waals surface area contributed by atoms with E-state index in [1.807, 2.05) is 6.92 Å².